The van der Waals surface area contributed by atoms with E-state index in [1.54, 1.807) is 12.1 Å². The molecule has 1 amide bonds. The van der Waals surface area contributed by atoms with Crippen LogP contribution in [0.25, 0.3) is 0 Å². The molecule has 0 bridgehead atoms. The minimum absolute atomic E-state index is 0.0903. The van der Waals surface area contributed by atoms with Gasteiger partial charge >= 0.3 is 0 Å². The average Bonchev–Trinajstić information content (AvgIpc) is 2.48. The van der Waals surface area contributed by atoms with Crippen molar-refractivity contribution in [1.82, 2.24) is 5.32 Å². The third kappa shape index (κ3) is 3.10. The molecule has 0 aromatic heterocycles. The number of halogens is 1. The summed E-state index contributed by atoms with van der Waals surface area (Å²) in [6.45, 7) is 0. The highest BCUT2D eigenvalue weighted by Gasteiger charge is 2.34. The Balaban J connectivity index is 2.21. The van der Waals surface area contributed by atoms with Gasteiger partial charge in [0.1, 0.15) is 5.56 Å². The van der Waals surface area contributed by atoms with Crippen molar-refractivity contribution < 1.29 is 9.72 Å². The Labute approximate surface area is 122 Å². The van der Waals surface area contributed by atoms with Crippen molar-refractivity contribution in [2.24, 2.45) is 0 Å². The normalized spacial score (nSPS) is 17.4. The summed E-state index contributed by atoms with van der Waals surface area (Å²) in [6.07, 6.45) is 4.82. The summed E-state index contributed by atoms with van der Waals surface area (Å²) in [7, 11) is 0. The standard InChI is InChI=1S/C14H17ClN2O3/c15-10-14(8-4-1-5-9-14)16-13(18)11-6-2-3-7-12(11)17(19)20/h2-3,6-7H,1,4-5,8-10H2,(H,16,18). The number of carbonyl (C=O) groups is 1. The molecule has 1 aromatic rings. The number of rotatable bonds is 4. The smallest absolute Gasteiger partial charge is 0.282 e. The van der Waals surface area contributed by atoms with Gasteiger partial charge in [-0.25, -0.2) is 0 Å². The van der Waals surface area contributed by atoms with E-state index in [1.165, 1.54) is 12.1 Å². The zero-order valence-electron chi connectivity index (χ0n) is 11.1. The van der Waals surface area contributed by atoms with E-state index in [2.05, 4.69) is 5.32 Å². The molecule has 0 unspecified atom stereocenters. The van der Waals surface area contributed by atoms with Crippen molar-refractivity contribution in [3.63, 3.8) is 0 Å². The fourth-order valence-electron chi connectivity index (χ4n) is 2.65. The Morgan fingerprint density at radius 3 is 2.55 bits per heavy atom. The molecule has 1 N–H and O–H groups in total. The first-order valence-electron chi connectivity index (χ1n) is 6.70. The summed E-state index contributed by atoms with van der Waals surface area (Å²) >= 11 is 6.02. The van der Waals surface area contributed by atoms with E-state index < -0.39 is 16.4 Å². The second-order valence-electron chi connectivity index (χ2n) is 5.20. The van der Waals surface area contributed by atoms with Crippen molar-refractivity contribution in [1.29, 1.82) is 0 Å². The number of amides is 1. The number of alkyl halides is 1. The van der Waals surface area contributed by atoms with Crippen LogP contribution in [0, 0.1) is 10.1 Å². The van der Waals surface area contributed by atoms with Crippen LogP contribution in [0.5, 0.6) is 0 Å². The zero-order valence-corrected chi connectivity index (χ0v) is 11.9. The van der Waals surface area contributed by atoms with Gasteiger partial charge in [0.25, 0.3) is 11.6 Å². The Hall–Kier alpha value is -1.62. The third-order valence-corrected chi connectivity index (χ3v) is 4.30. The first-order valence-corrected chi connectivity index (χ1v) is 7.23. The van der Waals surface area contributed by atoms with Crippen molar-refractivity contribution in [2.75, 3.05) is 5.88 Å². The Morgan fingerprint density at radius 2 is 1.95 bits per heavy atom. The molecule has 20 heavy (non-hydrogen) atoms. The largest absolute Gasteiger partial charge is 0.345 e. The van der Waals surface area contributed by atoms with Gasteiger partial charge in [-0.2, -0.15) is 0 Å². The highest BCUT2D eigenvalue weighted by Crippen LogP contribution is 2.30. The maximum absolute atomic E-state index is 12.3. The number of hydrogen-bond acceptors (Lipinski definition) is 3. The molecule has 0 heterocycles. The number of para-hydroxylation sites is 1. The summed E-state index contributed by atoms with van der Waals surface area (Å²) in [6, 6.07) is 5.98. The minimum atomic E-state index is -0.539. The van der Waals surface area contributed by atoms with E-state index in [0.29, 0.717) is 5.88 Å². The van der Waals surface area contributed by atoms with E-state index in [9.17, 15) is 14.9 Å². The molecular formula is C14H17ClN2O3. The number of benzene rings is 1. The molecule has 2 rings (SSSR count). The van der Waals surface area contributed by atoms with E-state index in [-0.39, 0.29) is 11.3 Å². The molecule has 1 aromatic carbocycles. The Bertz CT molecular complexity index is 513. The number of nitro groups is 1. The van der Waals surface area contributed by atoms with Crippen LogP contribution >= 0.6 is 11.6 Å². The third-order valence-electron chi connectivity index (χ3n) is 3.79. The molecule has 1 fully saturated rings. The van der Waals surface area contributed by atoms with Gasteiger partial charge in [0, 0.05) is 11.9 Å². The number of nitro benzene ring substituents is 1. The van der Waals surface area contributed by atoms with Crippen molar-refractivity contribution in [3.05, 3.63) is 39.9 Å². The van der Waals surface area contributed by atoms with Crippen LogP contribution in [0.4, 0.5) is 5.69 Å². The van der Waals surface area contributed by atoms with Crippen LogP contribution in [0.1, 0.15) is 42.5 Å². The number of hydrogen-bond donors (Lipinski definition) is 1. The lowest BCUT2D eigenvalue weighted by Crippen LogP contribution is -2.51. The lowest BCUT2D eigenvalue weighted by Gasteiger charge is -2.36. The molecule has 0 aliphatic heterocycles. The minimum Gasteiger partial charge on any atom is -0.345 e. The maximum Gasteiger partial charge on any atom is 0.282 e. The zero-order chi connectivity index (χ0) is 14.6. The predicted molar refractivity (Wildman–Crippen MR) is 77.1 cm³/mol. The van der Waals surface area contributed by atoms with Crippen LogP contribution in [0.2, 0.25) is 0 Å². The van der Waals surface area contributed by atoms with Gasteiger partial charge in [0.2, 0.25) is 0 Å². The maximum atomic E-state index is 12.3. The highest BCUT2D eigenvalue weighted by molar-refractivity contribution is 6.19. The first-order chi connectivity index (χ1) is 9.58. The lowest BCUT2D eigenvalue weighted by atomic mass is 9.83. The summed E-state index contributed by atoms with van der Waals surface area (Å²) in [4.78, 5) is 22.8. The van der Waals surface area contributed by atoms with Gasteiger partial charge in [0.05, 0.1) is 10.5 Å². The van der Waals surface area contributed by atoms with Crippen LogP contribution in [-0.4, -0.2) is 22.2 Å². The molecule has 1 aliphatic rings. The number of nitrogens with zero attached hydrogens (tertiary/aromatic N) is 1. The second kappa shape index (κ2) is 6.22. The van der Waals surface area contributed by atoms with Crippen LogP contribution < -0.4 is 5.32 Å². The van der Waals surface area contributed by atoms with Crippen molar-refractivity contribution in [2.45, 2.75) is 37.6 Å². The van der Waals surface area contributed by atoms with Gasteiger partial charge in [0.15, 0.2) is 0 Å². The second-order valence-corrected chi connectivity index (χ2v) is 5.47. The summed E-state index contributed by atoms with van der Waals surface area (Å²) in [5, 5.41) is 13.9. The molecule has 0 saturated heterocycles. The van der Waals surface area contributed by atoms with Gasteiger partial charge in [-0.05, 0) is 18.9 Å². The quantitative estimate of drug-likeness (QED) is 0.526. The molecule has 6 heteroatoms. The monoisotopic (exact) mass is 296 g/mol. The Kier molecular flexibility index (Phi) is 4.60. The molecule has 108 valence electrons. The molecule has 0 atom stereocenters. The first kappa shape index (κ1) is 14.8. The van der Waals surface area contributed by atoms with Crippen molar-refractivity contribution >= 4 is 23.2 Å². The van der Waals surface area contributed by atoms with Crippen LogP contribution in [-0.2, 0) is 0 Å². The molecule has 1 aliphatic carbocycles. The molecule has 1 saturated carbocycles. The highest BCUT2D eigenvalue weighted by atomic mass is 35.5. The summed E-state index contributed by atoms with van der Waals surface area (Å²) in [5.41, 5.74) is -0.515. The SMILES string of the molecule is O=C(NC1(CCl)CCCCC1)c1ccccc1[N+](=O)[O-]. The van der Waals surface area contributed by atoms with E-state index in [0.717, 1.165) is 32.1 Å². The topological polar surface area (TPSA) is 72.2 Å². The van der Waals surface area contributed by atoms with Gasteiger partial charge in [-0.1, -0.05) is 31.4 Å². The van der Waals surface area contributed by atoms with Gasteiger partial charge < -0.3 is 5.32 Å². The van der Waals surface area contributed by atoms with Gasteiger partial charge in [-0.15, -0.1) is 11.6 Å². The molecule has 0 spiro atoms. The van der Waals surface area contributed by atoms with Crippen molar-refractivity contribution in [3.8, 4) is 0 Å². The number of nitrogens with one attached hydrogen (secondary N) is 1. The summed E-state index contributed by atoms with van der Waals surface area (Å²) < 4.78 is 0. The summed E-state index contributed by atoms with van der Waals surface area (Å²) in [5.74, 6) is -0.0841. The van der Waals surface area contributed by atoms with Crippen LogP contribution in [0.15, 0.2) is 24.3 Å². The van der Waals surface area contributed by atoms with Crippen LogP contribution in [0.3, 0.4) is 0 Å². The van der Waals surface area contributed by atoms with E-state index in [1.807, 2.05) is 0 Å². The Morgan fingerprint density at radius 1 is 1.30 bits per heavy atom. The van der Waals surface area contributed by atoms with Gasteiger partial charge in [-0.3, -0.25) is 14.9 Å². The molecule has 0 radical (unpaired) electrons. The van der Waals surface area contributed by atoms with E-state index >= 15 is 0 Å². The average molecular weight is 297 g/mol. The fourth-order valence-corrected chi connectivity index (χ4v) is 2.99. The number of carbonyl (C=O) groups excluding carboxylic acids is 1. The lowest BCUT2D eigenvalue weighted by molar-refractivity contribution is -0.385. The molecule has 5 nitrogen and oxygen atoms in total. The van der Waals surface area contributed by atoms with E-state index in [4.69, 9.17) is 11.6 Å². The molecular weight excluding hydrogens is 280 g/mol. The predicted octanol–water partition coefficient (Wildman–Crippen LogP) is 3.27. The fraction of sp³-hybridized carbons (Fsp3) is 0.500.